The van der Waals surface area contributed by atoms with Crippen LogP contribution in [0, 0.1) is 5.92 Å². The number of hydrogen-bond acceptors (Lipinski definition) is 3. The summed E-state index contributed by atoms with van der Waals surface area (Å²) in [6.45, 7) is 1.57. The summed E-state index contributed by atoms with van der Waals surface area (Å²) in [5, 5.41) is 0. The van der Waals surface area contributed by atoms with E-state index in [2.05, 4.69) is 0 Å². The van der Waals surface area contributed by atoms with Crippen LogP contribution in [-0.2, 0) is 9.53 Å². The maximum Gasteiger partial charge on any atom is 0.222 e. The molecule has 1 aliphatic carbocycles. The van der Waals surface area contributed by atoms with Crippen LogP contribution in [0.1, 0.15) is 57.8 Å². The first-order valence-electron chi connectivity index (χ1n) is 8.29. The molecule has 2 rings (SSSR count). The highest BCUT2D eigenvalue weighted by Gasteiger charge is 2.30. The molecule has 1 saturated carbocycles. The zero-order chi connectivity index (χ0) is 14.4. The molecule has 0 bridgehead atoms. The summed E-state index contributed by atoms with van der Waals surface area (Å²) in [5.41, 5.74) is 5.86. The predicted molar refractivity (Wildman–Crippen MR) is 80.4 cm³/mol. The van der Waals surface area contributed by atoms with Gasteiger partial charge in [0, 0.05) is 26.1 Å². The second-order valence-electron chi connectivity index (χ2n) is 6.38. The molecule has 1 heterocycles. The largest absolute Gasteiger partial charge is 0.378 e. The van der Waals surface area contributed by atoms with Crippen molar-refractivity contribution in [1.82, 2.24) is 4.90 Å². The van der Waals surface area contributed by atoms with Gasteiger partial charge in [0.2, 0.25) is 5.91 Å². The fourth-order valence-electron chi connectivity index (χ4n) is 3.65. The zero-order valence-electron chi connectivity index (χ0n) is 12.9. The Hall–Kier alpha value is -0.610. The van der Waals surface area contributed by atoms with Crippen molar-refractivity contribution in [3.63, 3.8) is 0 Å². The van der Waals surface area contributed by atoms with Gasteiger partial charge in [-0.05, 0) is 51.0 Å². The highest BCUT2D eigenvalue weighted by atomic mass is 16.5. The van der Waals surface area contributed by atoms with Crippen LogP contribution in [0.2, 0.25) is 0 Å². The molecule has 3 atom stereocenters. The van der Waals surface area contributed by atoms with Crippen LogP contribution in [-0.4, -0.2) is 43.2 Å². The van der Waals surface area contributed by atoms with E-state index < -0.39 is 0 Å². The van der Waals surface area contributed by atoms with Crippen molar-refractivity contribution in [2.45, 2.75) is 69.9 Å². The monoisotopic (exact) mass is 282 g/mol. The molecule has 3 unspecified atom stereocenters. The van der Waals surface area contributed by atoms with Crippen LogP contribution in [0.25, 0.3) is 0 Å². The van der Waals surface area contributed by atoms with Crippen molar-refractivity contribution >= 4 is 5.91 Å². The molecule has 1 aliphatic heterocycles. The Morgan fingerprint density at radius 2 is 1.95 bits per heavy atom. The molecule has 0 aromatic carbocycles. The lowest BCUT2D eigenvalue weighted by Gasteiger charge is -2.37. The predicted octanol–water partition coefficient (Wildman–Crippen LogP) is 2.31. The molecule has 0 spiro atoms. The third kappa shape index (κ3) is 4.19. The maximum absolute atomic E-state index is 12.4. The molecule has 1 amide bonds. The number of carbonyl (C=O) groups excluding carboxylic acids is 1. The van der Waals surface area contributed by atoms with Gasteiger partial charge >= 0.3 is 0 Å². The van der Waals surface area contributed by atoms with E-state index in [-0.39, 0.29) is 5.91 Å². The van der Waals surface area contributed by atoms with E-state index in [9.17, 15) is 4.79 Å². The standard InChI is InChI=1S/C16H30N2O2/c1-18(15-8-3-2-6-13(15)12-17)16(19)10-9-14-7-4-5-11-20-14/h13-15H,2-12,17H2,1H3. The minimum Gasteiger partial charge on any atom is -0.378 e. The van der Waals surface area contributed by atoms with E-state index >= 15 is 0 Å². The molecular weight excluding hydrogens is 252 g/mol. The molecule has 4 heteroatoms. The zero-order valence-corrected chi connectivity index (χ0v) is 12.9. The number of nitrogens with two attached hydrogens (primary N) is 1. The fraction of sp³-hybridized carbons (Fsp3) is 0.938. The molecular formula is C16H30N2O2. The van der Waals surface area contributed by atoms with Crippen LogP contribution in [0.15, 0.2) is 0 Å². The van der Waals surface area contributed by atoms with Crippen molar-refractivity contribution in [2.24, 2.45) is 11.7 Å². The molecule has 116 valence electrons. The molecule has 20 heavy (non-hydrogen) atoms. The van der Waals surface area contributed by atoms with Gasteiger partial charge < -0.3 is 15.4 Å². The topological polar surface area (TPSA) is 55.6 Å². The SMILES string of the molecule is CN(C(=O)CCC1CCCCO1)C1CCCCC1CN. The summed E-state index contributed by atoms with van der Waals surface area (Å²) in [6.07, 6.45) is 10.1. The molecule has 2 N–H and O–H groups in total. The summed E-state index contributed by atoms with van der Waals surface area (Å²) in [4.78, 5) is 14.3. The lowest BCUT2D eigenvalue weighted by atomic mass is 9.83. The third-order valence-corrected chi connectivity index (χ3v) is 5.02. The first-order valence-corrected chi connectivity index (χ1v) is 8.29. The van der Waals surface area contributed by atoms with Crippen LogP contribution < -0.4 is 5.73 Å². The highest BCUT2D eigenvalue weighted by molar-refractivity contribution is 5.76. The first-order chi connectivity index (χ1) is 9.72. The molecule has 4 nitrogen and oxygen atoms in total. The second-order valence-corrected chi connectivity index (χ2v) is 6.38. The van der Waals surface area contributed by atoms with Gasteiger partial charge in [-0.15, -0.1) is 0 Å². The first kappa shape index (κ1) is 15.8. The summed E-state index contributed by atoms with van der Waals surface area (Å²) in [5.74, 6) is 0.758. The number of nitrogens with zero attached hydrogens (tertiary/aromatic N) is 1. The van der Waals surface area contributed by atoms with Crippen molar-refractivity contribution in [3.8, 4) is 0 Å². The van der Waals surface area contributed by atoms with Gasteiger partial charge in [-0.25, -0.2) is 0 Å². The van der Waals surface area contributed by atoms with Gasteiger partial charge in [0.1, 0.15) is 0 Å². The van der Waals surface area contributed by atoms with Crippen LogP contribution in [0.5, 0.6) is 0 Å². The Kier molecular flexibility index (Phi) is 6.30. The molecule has 1 saturated heterocycles. The summed E-state index contributed by atoms with van der Waals surface area (Å²) < 4.78 is 5.71. The van der Waals surface area contributed by atoms with E-state index in [1.807, 2.05) is 11.9 Å². The molecule has 2 fully saturated rings. The molecule has 2 aliphatic rings. The van der Waals surface area contributed by atoms with E-state index in [0.717, 1.165) is 25.9 Å². The average Bonchev–Trinajstić information content (AvgIpc) is 2.52. The van der Waals surface area contributed by atoms with Crippen LogP contribution in [0.3, 0.4) is 0 Å². The van der Waals surface area contributed by atoms with Gasteiger partial charge in [-0.2, -0.15) is 0 Å². The Morgan fingerprint density at radius 3 is 2.65 bits per heavy atom. The highest BCUT2D eigenvalue weighted by Crippen LogP contribution is 2.28. The normalized spacial score (nSPS) is 31.0. The minimum atomic E-state index is 0.268. The number of rotatable bonds is 5. The lowest BCUT2D eigenvalue weighted by Crippen LogP contribution is -2.46. The summed E-state index contributed by atoms with van der Waals surface area (Å²) >= 11 is 0. The number of ether oxygens (including phenoxy) is 1. The van der Waals surface area contributed by atoms with E-state index in [1.165, 1.54) is 32.1 Å². The maximum atomic E-state index is 12.4. The molecule has 0 aromatic heterocycles. The van der Waals surface area contributed by atoms with Gasteiger partial charge in [0.25, 0.3) is 0 Å². The average molecular weight is 282 g/mol. The summed E-state index contributed by atoms with van der Waals surface area (Å²) in [7, 11) is 1.96. The van der Waals surface area contributed by atoms with E-state index in [0.29, 0.717) is 31.0 Å². The Bertz CT molecular complexity index is 303. The quantitative estimate of drug-likeness (QED) is 0.842. The Labute approximate surface area is 123 Å². The summed E-state index contributed by atoms with van der Waals surface area (Å²) in [6, 6.07) is 0.355. The van der Waals surface area contributed by atoms with Crippen LogP contribution in [0.4, 0.5) is 0 Å². The number of carbonyl (C=O) groups is 1. The number of hydrogen-bond donors (Lipinski definition) is 1. The van der Waals surface area contributed by atoms with Gasteiger partial charge in [-0.1, -0.05) is 12.8 Å². The van der Waals surface area contributed by atoms with Crippen molar-refractivity contribution in [1.29, 1.82) is 0 Å². The van der Waals surface area contributed by atoms with Gasteiger partial charge in [-0.3, -0.25) is 4.79 Å². The Morgan fingerprint density at radius 1 is 1.20 bits per heavy atom. The van der Waals surface area contributed by atoms with Gasteiger partial charge in [0.05, 0.1) is 6.10 Å². The fourth-order valence-corrected chi connectivity index (χ4v) is 3.65. The Balaban J connectivity index is 1.78. The smallest absolute Gasteiger partial charge is 0.222 e. The second kappa shape index (κ2) is 7.99. The van der Waals surface area contributed by atoms with Crippen LogP contribution >= 0.6 is 0 Å². The van der Waals surface area contributed by atoms with Crippen molar-refractivity contribution in [2.75, 3.05) is 20.2 Å². The lowest BCUT2D eigenvalue weighted by molar-refractivity contribution is -0.134. The van der Waals surface area contributed by atoms with E-state index in [4.69, 9.17) is 10.5 Å². The van der Waals surface area contributed by atoms with Gasteiger partial charge in [0.15, 0.2) is 0 Å². The molecule has 0 radical (unpaired) electrons. The third-order valence-electron chi connectivity index (χ3n) is 5.02. The van der Waals surface area contributed by atoms with E-state index in [1.54, 1.807) is 0 Å². The number of amides is 1. The van der Waals surface area contributed by atoms with Crippen molar-refractivity contribution < 1.29 is 9.53 Å². The minimum absolute atomic E-state index is 0.268. The molecule has 0 aromatic rings. The van der Waals surface area contributed by atoms with Crippen molar-refractivity contribution in [3.05, 3.63) is 0 Å².